The van der Waals surface area contributed by atoms with E-state index >= 15 is 0 Å². The third-order valence-electron chi connectivity index (χ3n) is 4.17. The van der Waals surface area contributed by atoms with E-state index < -0.39 is 0 Å². The minimum absolute atomic E-state index is 0.819. The van der Waals surface area contributed by atoms with Crippen LogP contribution < -0.4 is 4.74 Å². The molecule has 0 aliphatic carbocycles. The fourth-order valence-electron chi connectivity index (χ4n) is 2.68. The van der Waals surface area contributed by atoms with Gasteiger partial charge < -0.3 is 9.47 Å². The monoisotopic (exact) mass is 306 g/mol. The molecule has 0 bridgehead atoms. The molecule has 1 aromatic rings. The van der Waals surface area contributed by atoms with Gasteiger partial charge in [-0.1, -0.05) is 25.5 Å². The molecule has 4 heteroatoms. The van der Waals surface area contributed by atoms with Crippen molar-refractivity contribution in [3.8, 4) is 5.75 Å². The van der Waals surface area contributed by atoms with Crippen LogP contribution in [-0.4, -0.2) is 62.8 Å². The Morgan fingerprint density at radius 2 is 1.64 bits per heavy atom. The van der Waals surface area contributed by atoms with Gasteiger partial charge in [0.1, 0.15) is 5.75 Å². The number of rotatable bonds is 9. The highest BCUT2D eigenvalue weighted by molar-refractivity contribution is 5.27. The second-order valence-corrected chi connectivity index (χ2v) is 5.96. The van der Waals surface area contributed by atoms with Crippen LogP contribution in [0.2, 0.25) is 0 Å². The van der Waals surface area contributed by atoms with Crippen LogP contribution in [0.25, 0.3) is 0 Å². The summed E-state index contributed by atoms with van der Waals surface area (Å²) in [5, 5.41) is 0. The Labute approximate surface area is 135 Å². The van der Waals surface area contributed by atoms with Gasteiger partial charge >= 0.3 is 0 Å². The van der Waals surface area contributed by atoms with E-state index in [-0.39, 0.29) is 0 Å². The summed E-state index contributed by atoms with van der Waals surface area (Å²) in [6, 6.07) is 8.58. The molecule has 0 unspecified atom stereocenters. The molecule has 22 heavy (non-hydrogen) atoms. The molecule has 0 saturated carbocycles. The second-order valence-electron chi connectivity index (χ2n) is 5.96. The van der Waals surface area contributed by atoms with E-state index in [0.29, 0.717) is 0 Å². The molecule has 1 saturated heterocycles. The second kappa shape index (κ2) is 9.82. The lowest BCUT2D eigenvalue weighted by molar-refractivity contribution is 0.0938. The summed E-state index contributed by atoms with van der Waals surface area (Å²) in [5.74, 6) is 0.988. The van der Waals surface area contributed by atoms with Gasteiger partial charge in [-0.15, -0.1) is 0 Å². The molecule has 1 aliphatic rings. The van der Waals surface area contributed by atoms with Gasteiger partial charge in [-0.3, -0.25) is 9.80 Å². The van der Waals surface area contributed by atoms with Gasteiger partial charge in [-0.25, -0.2) is 0 Å². The minimum Gasteiger partial charge on any atom is -0.494 e. The topological polar surface area (TPSA) is 24.9 Å². The summed E-state index contributed by atoms with van der Waals surface area (Å²) in [7, 11) is 1.77. The molecule has 1 aliphatic heterocycles. The lowest BCUT2D eigenvalue weighted by Gasteiger charge is -2.34. The van der Waals surface area contributed by atoms with E-state index in [4.69, 9.17) is 9.47 Å². The Balaban J connectivity index is 1.70. The molecular formula is C18H30N2O2. The van der Waals surface area contributed by atoms with Crippen molar-refractivity contribution < 1.29 is 9.47 Å². The molecule has 2 rings (SSSR count). The van der Waals surface area contributed by atoms with Crippen LogP contribution in [0.15, 0.2) is 24.3 Å². The molecule has 1 fully saturated rings. The van der Waals surface area contributed by atoms with Crippen molar-refractivity contribution >= 4 is 0 Å². The third kappa shape index (κ3) is 5.95. The number of methoxy groups -OCH3 is 1. The summed E-state index contributed by atoms with van der Waals surface area (Å²) in [6.07, 6.45) is 2.30. The molecule has 0 spiro atoms. The average molecular weight is 306 g/mol. The number of hydrogen-bond acceptors (Lipinski definition) is 4. The lowest BCUT2D eigenvalue weighted by Crippen LogP contribution is -2.46. The fourth-order valence-corrected chi connectivity index (χ4v) is 2.68. The SMILES string of the molecule is CCCCOc1ccc(CN2CCN(CCOC)CC2)cc1. The summed E-state index contributed by atoms with van der Waals surface area (Å²) in [5.41, 5.74) is 1.37. The highest BCUT2D eigenvalue weighted by Crippen LogP contribution is 2.15. The van der Waals surface area contributed by atoms with Crippen LogP contribution in [0.3, 0.4) is 0 Å². The molecule has 4 nitrogen and oxygen atoms in total. The third-order valence-corrected chi connectivity index (χ3v) is 4.17. The maximum Gasteiger partial charge on any atom is 0.119 e. The minimum atomic E-state index is 0.819. The Morgan fingerprint density at radius 1 is 0.955 bits per heavy atom. The normalized spacial score (nSPS) is 16.8. The van der Waals surface area contributed by atoms with Gasteiger partial charge in [0.05, 0.1) is 13.2 Å². The van der Waals surface area contributed by atoms with Crippen molar-refractivity contribution in [1.29, 1.82) is 0 Å². The number of piperazine rings is 1. The van der Waals surface area contributed by atoms with Crippen molar-refractivity contribution in [2.45, 2.75) is 26.3 Å². The van der Waals surface area contributed by atoms with Gasteiger partial charge in [0.2, 0.25) is 0 Å². The standard InChI is InChI=1S/C18H30N2O2/c1-3-4-14-22-18-7-5-17(6-8-18)16-20-11-9-19(10-12-20)13-15-21-2/h5-8H,3-4,9-16H2,1-2H3. The zero-order valence-electron chi connectivity index (χ0n) is 14.1. The van der Waals surface area contributed by atoms with E-state index in [1.54, 1.807) is 7.11 Å². The van der Waals surface area contributed by atoms with Gasteiger partial charge in [0.25, 0.3) is 0 Å². The van der Waals surface area contributed by atoms with Crippen molar-refractivity contribution in [2.24, 2.45) is 0 Å². The Bertz CT molecular complexity index is 400. The average Bonchev–Trinajstić information content (AvgIpc) is 2.56. The Morgan fingerprint density at radius 3 is 2.27 bits per heavy atom. The van der Waals surface area contributed by atoms with E-state index in [9.17, 15) is 0 Å². The summed E-state index contributed by atoms with van der Waals surface area (Å²) >= 11 is 0. The van der Waals surface area contributed by atoms with Crippen LogP contribution >= 0.6 is 0 Å². The van der Waals surface area contributed by atoms with Crippen LogP contribution in [0.5, 0.6) is 5.75 Å². The molecule has 124 valence electrons. The predicted octanol–water partition coefficient (Wildman–Crippen LogP) is 2.63. The Hall–Kier alpha value is -1.10. The van der Waals surface area contributed by atoms with Crippen molar-refractivity contribution in [3.63, 3.8) is 0 Å². The van der Waals surface area contributed by atoms with E-state index in [1.165, 1.54) is 12.0 Å². The molecule has 0 N–H and O–H groups in total. The van der Waals surface area contributed by atoms with Gasteiger partial charge in [-0.05, 0) is 24.1 Å². The lowest BCUT2D eigenvalue weighted by atomic mass is 10.2. The first-order valence-electron chi connectivity index (χ1n) is 8.47. The first-order valence-corrected chi connectivity index (χ1v) is 8.47. The largest absolute Gasteiger partial charge is 0.494 e. The molecular weight excluding hydrogens is 276 g/mol. The van der Waals surface area contributed by atoms with E-state index in [2.05, 4.69) is 41.0 Å². The molecule has 0 atom stereocenters. The molecule has 1 aromatic carbocycles. The van der Waals surface area contributed by atoms with E-state index in [1.807, 2.05) is 0 Å². The first kappa shape index (κ1) is 17.3. The molecule has 0 radical (unpaired) electrons. The summed E-state index contributed by atoms with van der Waals surface area (Å²) in [4.78, 5) is 5.00. The highest BCUT2D eigenvalue weighted by Gasteiger charge is 2.16. The summed E-state index contributed by atoms with van der Waals surface area (Å²) < 4.78 is 10.9. The van der Waals surface area contributed by atoms with Crippen LogP contribution in [0, 0.1) is 0 Å². The van der Waals surface area contributed by atoms with Gasteiger partial charge in [0.15, 0.2) is 0 Å². The number of nitrogens with zero attached hydrogens (tertiary/aromatic N) is 2. The number of unbranched alkanes of at least 4 members (excludes halogenated alkanes) is 1. The van der Waals surface area contributed by atoms with Crippen LogP contribution in [0.1, 0.15) is 25.3 Å². The zero-order valence-corrected chi connectivity index (χ0v) is 14.1. The highest BCUT2D eigenvalue weighted by atomic mass is 16.5. The molecule has 0 aromatic heterocycles. The smallest absolute Gasteiger partial charge is 0.119 e. The van der Waals surface area contributed by atoms with Crippen molar-refractivity contribution in [3.05, 3.63) is 29.8 Å². The van der Waals surface area contributed by atoms with Crippen LogP contribution in [0.4, 0.5) is 0 Å². The first-order chi connectivity index (χ1) is 10.8. The number of benzene rings is 1. The predicted molar refractivity (Wildman–Crippen MR) is 90.4 cm³/mol. The Kier molecular flexibility index (Phi) is 7.71. The molecule has 0 amide bonds. The quantitative estimate of drug-likeness (QED) is 0.655. The number of hydrogen-bond donors (Lipinski definition) is 0. The fraction of sp³-hybridized carbons (Fsp3) is 0.667. The van der Waals surface area contributed by atoms with Crippen molar-refractivity contribution in [2.75, 3.05) is 53.0 Å². The summed E-state index contributed by atoms with van der Waals surface area (Å²) in [6.45, 7) is 10.5. The maximum atomic E-state index is 5.71. The molecule has 1 heterocycles. The maximum absolute atomic E-state index is 5.71. The van der Waals surface area contributed by atoms with Gasteiger partial charge in [0, 0.05) is 46.4 Å². The van der Waals surface area contributed by atoms with E-state index in [0.717, 1.165) is 64.7 Å². The van der Waals surface area contributed by atoms with Gasteiger partial charge in [-0.2, -0.15) is 0 Å². The van der Waals surface area contributed by atoms with Crippen molar-refractivity contribution in [1.82, 2.24) is 9.80 Å². The van der Waals surface area contributed by atoms with Crippen LogP contribution in [-0.2, 0) is 11.3 Å². The zero-order chi connectivity index (χ0) is 15.6. The number of ether oxygens (including phenoxy) is 2.